The van der Waals surface area contributed by atoms with Gasteiger partial charge in [-0.3, -0.25) is 14.9 Å². The van der Waals surface area contributed by atoms with Crippen molar-refractivity contribution in [1.29, 1.82) is 0 Å². The molecular weight excluding hydrogens is 326 g/mol. The molecule has 128 valence electrons. The molecule has 23 heavy (non-hydrogen) atoms. The summed E-state index contributed by atoms with van der Waals surface area (Å²) >= 11 is 0. The van der Waals surface area contributed by atoms with E-state index < -0.39 is 4.92 Å². The molecule has 1 aliphatic rings. The largest absolute Gasteiger partial charge is 0.493 e. The Kier molecular flexibility index (Phi) is 6.59. The molecule has 1 saturated heterocycles. The van der Waals surface area contributed by atoms with Crippen molar-refractivity contribution < 1.29 is 19.2 Å². The van der Waals surface area contributed by atoms with Crippen LogP contribution in [0.15, 0.2) is 12.1 Å². The summed E-state index contributed by atoms with van der Waals surface area (Å²) in [5.74, 6) is -0.0710. The van der Waals surface area contributed by atoms with Crippen LogP contribution < -0.4 is 14.8 Å². The van der Waals surface area contributed by atoms with Crippen molar-refractivity contribution in [2.75, 3.05) is 33.9 Å². The molecule has 0 radical (unpaired) electrons. The lowest BCUT2D eigenvalue weighted by Gasteiger charge is -2.34. The molecule has 1 fully saturated rings. The van der Waals surface area contributed by atoms with Gasteiger partial charge in [-0.2, -0.15) is 0 Å². The first-order valence-electron chi connectivity index (χ1n) is 6.91. The van der Waals surface area contributed by atoms with E-state index in [1.807, 2.05) is 6.92 Å². The highest BCUT2D eigenvalue weighted by Crippen LogP contribution is 2.38. The first-order chi connectivity index (χ1) is 10.5. The number of nitrogens with one attached hydrogen (secondary N) is 1. The van der Waals surface area contributed by atoms with Gasteiger partial charge in [0, 0.05) is 31.7 Å². The maximum Gasteiger partial charge on any atom is 0.315 e. The van der Waals surface area contributed by atoms with Crippen LogP contribution in [0.2, 0.25) is 0 Å². The molecule has 0 spiro atoms. The molecule has 8 nitrogen and oxygen atoms in total. The molecule has 0 aliphatic carbocycles. The Hall–Kier alpha value is -2.06. The second-order valence-electron chi connectivity index (χ2n) is 5.04. The van der Waals surface area contributed by atoms with Crippen molar-refractivity contribution in [3.63, 3.8) is 0 Å². The van der Waals surface area contributed by atoms with Crippen molar-refractivity contribution in [1.82, 2.24) is 10.2 Å². The standard InChI is InChI=1S/C14H19N3O5.ClH/c1-9-8-15-4-5-16(9)14(18)10-6-11(17(19)20)13(22-3)12(7-10)21-2;/h6-7,9,15H,4-5,8H2,1-3H3;1H/t9-;/m1./s1. The van der Waals surface area contributed by atoms with Crippen LogP contribution in [0.25, 0.3) is 0 Å². The van der Waals surface area contributed by atoms with Crippen LogP contribution in [0.4, 0.5) is 5.69 Å². The number of ether oxygens (including phenoxy) is 2. The number of carbonyl (C=O) groups is 1. The molecule has 1 aromatic rings. The van der Waals surface area contributed by atoms with Gasteiger partial charge in [0.1, 0.15) is 0 Å². The van der Waals surface area contributed by atoms with E-state index in [1.165, 1.54) is 26.4 Å². The lowest BCUT2D eigenvalue weighted by Crippen LogP contribution is -2.52. The van der Waals surface area contributed by atoms with E-state index in [1.54, 1.807) is 4.90 Å². The van der Waals surface area contributed by atoms with Gasteiger partial charge in [-0.15, -0.1) is 12.4 Å². The van der Waals surface area contributed by atoms with Gasteiger partial charge < -0.3 is 19.7 Å². The second kappa shape index (κ2) is 7.98. The number of carbonyl (C=O) groups excluding carboxylic acids is 1. The van der Waals surface area contributed by atoms with E-state index in [9.17, 15) is 14.9 Å². The number of nitro benzene ring substituents is 1. The van der Waals surface area contributed by atoms with Crippen molar-refractivity contribution in [2.24, 2.45) is 0 Å². The van der Waals surface area contributed by atoms with Crippen LogP contribution in [-0.2, 0) is 0 Å². The summed E-state index contributed by atoms with van der Waals surface area (Å²) in [5.41, 5.74) is -0.0638. The fraction of sp³-hybridized carbons (Fsp3) is 0.500. The molecule has 1 aromatic carbocycles. The van der Waals surface area contributed by atoms with Gasteiger partial charge in [-0.25, -0.2) is 0 Å². The van der Waals surface area contributed by atoms with Crippen molar-refractivity contribution in [3.8, 4) is 11.5 Å². The van der Waals surface area contributed by atoms with E-state index in [2.05, 4.69) is 5.32 Å². The number of hydrogen-bond acceptors (Lipinski definition) is 6. The van der Waals surface area contributed by atoms with Crippen LogP contribution in [0.1, 0.15) is 17.3 Å². The van der Waals surface area contributed by atoms with Crippen LogP contribution in [-0.4, -0.2) is 55.6 Å². The number of halogens is 1. The first-order valence-corrected chi connectivity index (χ1v) is 6.91. The predicted octanol–water partition coefficient (Wildman–Crippen LogP) is 1.47. The zero-order valence-corrected chi connectivity index (χ0v) is 14.0. The van der Waals surface area contributed by atoms with Crippen LogP contribution in [0, 0.1) is 10.1 Å². The molecule has 9 heteroatoms. The summed E-state index contributed by atoms with van der Waals surface area (Å²) in [6.45, 7) is 3.88. The highest BCUT2D eigenvalue weighted by Gasteiger charge is 2.28. The quantitative estimate of drug-likeness (QED) is 0.656. The summed E-state index contributed by atoms with van der Waals surface area (Å²) in [5, 5.41) is 14.4. The number of nitrogens with zero attached hydrogens (tertiary/aromatic N) is 2. The monoisotopic (exact) mass is 345 g/mol. The molecular formula is C14H20ClN3O5. The number of piperazine rings is 1. The summed E-state index contributed by atoms with van der Waals surface area (Å²) in [4.78, 5) is 24.9. The minimum absolute atomic E-state index is 0. The maximum absolute atomic E-state index is 12.6. The Labute approximate surface area is 140 Å². The Morgan fingerprint density at radius 1 is 1.39 bits per heavy atom. The average molecular weight is 346 g/mol. The highest BCUT2D eigenvalue weighted by molar-refractivity contribution is 5.96. The smallest absolute Gasteiger partial charge is 0.315 e. The van der Waals surface area contributed by atoms with Crippen LogP contribution >= 0.6 is 12.4 Å². The van der Waals surface area contributed by atoms with Gasteiger partial charge >= 0.3 is 5.69 Å². The van der Waals surface area contributed by atoms with E-state index >= 15 is 0 Å². The number of methoxy groups -OCH3 is 2. The molecule has 1 atom stereocenters. The minimum atomic E-state index is -0.584. The SMILES string of the molecule is COc1cc(C(=O)N2CCNC[C@H]2C)cc([N+](=O)[O-])c1OC.Cl. The lowest BCUT2D eigenvalue weighted by atomic mass is 10.1. The Morgan fingerprint density at radius 3 is 2.61 bits per heavy atom. The Balaban J connectivity index is 0.00000264. The topological polar surface area (TPSA) is 93.9 Å². The van der Waals surface area contributed by atoms with Gasteiger partial charge in [-0.05, 0) is 13.0 Å². The summed E-state index contributed by atoms with van der Waals surface area (Å²) in [7, 11) is 2.70. The lowest BCUT2D eigenvalue weighted by molar-refractivity contribution is -0.385. The summed E-state index contributed by atoms with van der Waals surface area (Å²) < 4.78 is 10.1. The second-order valence-corrected chi connectivity index (χ2v) is 5.04. The third-order valence-corrected chi connectivity index (χ3v) is 3.67. The summed E-state index contributed by atoms with van der Waals surface area (Å²) in [6, 6.07) is 2.73. The summed E-state index contributed by atoms with van der Waals surface area (Å²) in [6.07, 6.45) is 0. The highest BCUT2D eigenvalue weighted by atomic mass is 35.5. The van der Waals surface area contributed by atoms with Gasteiger partial charge in [0.15, 0.2) is 5.75 Å². The fourth-order valence-corrected chi connectivity index (χ4v) is 2.51. The molecule has 0 bridgehead atoms. The molecule has 1 N–H and O–H groups in total. The zero-order chi connectivity index (χ0) is 16.3. The molecule has 2 rings (SSSR count). The van der Waals surface area contributed by atoms with Crippen molar-refractivity contribution in [3.05, 3.63) is 27.8 Å². The van der Waals surface area contributed by atoms with Gasteiger partial charge in [0.05, 0.1) is 24.7 Å². The maximum atomic E-state index is 12.6. The number of benzene rings is 1. The van der Waals surface area contributed by atoms with E-state index in [4.69, 9.17) is 9.47 Å². The molecule has 1 heterocycles. The molecule has 0 unspecified atom stereocenters. The average Bonchev–Trinajstić information content (AvgIpc) is 2.53. The molecule has 1 amide bonds. The molecule has 1 aliphatic heterocycles. The van der Waals surface area contributed by atoms with Crippen LogP contribution in [0.5, 0.6) is 11.5 Å². The predicted molar refractivity (Wildman–Crippen MR) is 86.8 cm³/mol. The number of hydrogen-bond donors (Lipinski definition) is 1. The van der Waals surface area contributed by atoms with Crippen LogP contribution in [0.3, 0.4) is 0 Å². The first kappa shape index (κ1) is 19.0. The minimum Gasteiger partial charge on any atom is -0.493 e. The fourth-order valence-electron chi connectivity index (χ4n) is 2.51. The third-order valence-electron chi connectivity index (χ3n) is 3.67. The normalized spacial score (nSPS) is 17.2. The molecule has 0 aromatic heterocycles. The van der Waals surface area contributed by atoms with Gasteiger partial charge in [0.25, 0.3) is 5.91 Å². The third kappa shape index (κ3) is 3.83. The van der Waals surface area contributed by atoms with Gasteiger partial charge in [-0.1, -0.05) is 0 Å². The Morgan fingerprint density at radius 2 is 2.09 bits per heavy atom. The Bertz CT molecular complexity index is 596. The number of rotatable bonds is 4. The van der Waals surface area contributed by atoms with E-state index in [0.717, 1.165) is 0 Å². The molecule has 0 saturated carbocycles. The number of nitro groups is 1. The number of amides is 1. The van der Waals surface area contributed by atoms with Crippen molar-refractivity contribution in [2.45, 2.75) is 13.0 Å². The van der Waals surface area contributed by atoms with Gasteiger partial charge in [0.2, 0.25) is 5.75 Å². The van der Waals surface area contributed by atoms with E-state index in [0.29, 0.717) is 19.6 Å². The van der Waals surface area contributed by atoms with E-state index in [-0.39, 0.29) is 47.1 Å². The zero-order valence-electron chi connectivity index (χ0n) is 13.2. The van der Waals surface area contributed by atoms with Crippen molar-refractivity contribution >= 4 is 24.0 Å².